The van der Waals surface area contributed by atoms with E-state index in [1.807, 2.05) is 38.1 Å². The second-order valence-electron chi connectivity index (χ2n) is 5.06. The van der Waals surface area contributed by atoms with Gasteiger partial charge >= 0.3 is 6.03 Å². The molecule has 0 bridgehead atoms. The molecule has 1 rings (SSSR count). The fourth-order valence-corrected chi connectivity index (χ4v) is 2.15. The van der Waals surface area contributed by atoms with Crippen LogP contribution in [-0.2, 0) is 0 Å². The number of hydrogen-bond donors (Lipinski definition) is 2. The van der Waals surface area contributed by atoms with Crippen LogP contribution in [0.2, 0.25) is 5.02 Å². The first-order chi connectivity index (χ1) is 9.45. The Bertz CT molecular complexity index is 440. The molecule has 5 heteroatoms. The number of aliphatic hydroxyl groups excluding tert-OH is 1. The summed E-state index contributed by atoms with van der Waals surface area (Å²) in [6.07, 6.45) is 1.45. The van der Waals surface area contributed by atoms with E-state index < -0.39 is 0 Å². The number of aliphatic hydroxyl groups is 1. The van der Waals surface area contributed by atoms with Gasteiger partial charge in [-0.1, -0.05) is 23.7 Å². The first-order valence-electron chi connectivity index (χ1n) is 6.85. The Morgan fingerprint density at radius 3 is 2.75 bits per heavy atom. The number of urea groups is 1. The maximum absolute atomic E-state index is 12.1. The highest BCUT2D eigenvalue weighted by atomic mass is 35.5. The lowest BCUT2D eigenvalue weighted by atomic mass is 10.1. The number of amides is 2. The van der Waals surface area contributed by atoms with Gasteiger partial charge in [0.2, 0.25) is 0 Å². The Balaban J connectivity index is 2.59. The number of halogens is 1. The highest BCUT2D eigenvalue weighted by molar-refractivity contribution is 6.30. The van der Waals surface area contributed by atoms with Crippen molar-refractivity contribution < 1.29 is 9.90 Å². The molecule has 0 saturated carbocycles. The maximum Gasteiger partial charge on any atom is 0.317 e. The van der Waals surface area contributed by atoms with Gasteiger partial charge in [0.05, 0.1) is 6.04 Å². The number of carbonyl (C=O) groups is 1. The quantitative estimate of drug-likeness (QED) is 0.847. The van der Waals surface area contributed by atoms with Crippen molar-refractivity contribution in [3.63, 3.8) is 0 Å². The minimum absolute atomic E-state index is 0.0451. The summed E-state index contributed by atoms with van der Waals surface area (Å²) in [6, 6.07) is 7.38. The van der Waals surface area contributed by atoms with Crippen LogP contribution in [0, 0.1) is 0 Å². The van der Waals surface area contributed by atoms with E-state index in [1.54, 1.807) is 11.9 Å². The minimum Gasteiger partial charge on any atom is -0.396 e. The summed E-state index contributed by atoms with van der Waals surface area (Å²) in [6.45, 7) is 4.05. The lowest BCUT2D eigenvalue weighted by Crippen LogP contribution is -2.43. The molecule has 0 radical (unpaired) electrons. The second-order valence-corrected chi connectivity index (χ2v) is 5.49. The minimum atomic E-state index is -0.122. The molecule has 0 aromatic heterocycles. The summed E-state index contributed by atoms with van der Waals surface area (Å²) in [4.78, 5) is 13.8. The van der Waals surface area contributed by atoms with Crippen molar-refractivity contribution in [2.75, 3.05) is 13.7 Å². The summed E-state index contributed by atoms with van der Waals surface area (Å²) in [7, 11) is 1.76. The molecule has 4 nitrogen and oxygen atoms in total. The third-order valence-corrected chi connectivity index (χ3v) is 3.63. The van der Waals surface area contributed by atoms with Crippen LogP contribution in [0.4, 0.5) is 4.79 Å². The van der Waals surface area contributed by atoms with Crippen LogP contribution in [0.5, 0.6) is 0 Å². The Kier molecular flexibility index (Phi) is 6.82. The van der Waals surface area contributed by atoms with E-state index in [2.05, 4.69) is 5.32 Å². The van der Waals surface area contributed by atoms with Gasteiger partial charge in [-0.3, -0.25) is 0 Å². The molecule has 0 spiro atoms. The van der Waals surface area contributed by atoms with Crippen molar-refractivity contribution in [3.05, 3.63) is 34.9 Å². The van der Waals surface area contributed by atoms with E-state index in [0.29, 0.717) is 11.4 Å². The van der Waals surface area contributed by atoms with E-state index >= 15 is 0 Å². The molecule has 112 valence electrons. The Labute approximate surface area is 125 Å². The fraction of sp³-hybridized carbons (Fsp3) is 0.533. The fourth-order valence-electron chi connectivity index (χ4n) is 1.95. The van der Waals surface area contributed by atoms with Crippen LogP contribution in [0.3, 0.4) is 0 Å². The monoisotopic (exact) mass is 298 g/mol. The van der Waals surface area contributed by atoms with Gasteiger partial charge in [-0.25, -0.2) is 4.79 Å². The number of carbonyl (C=O) groups excluding carboxylic acids is 1. The molecule has 2 N–H and O–H groups in total. The van der Waals surface area contributed by atoms with Gasteiger partial charge < -0.3 is 15.3 Å². The average Bonchev–Trinajstić information content (AvgIpc) is 2.43. The van der Waals surface area contributed by atoms with E-state index in [0.717, 1.165) is 12.0 Å². The molecule has 0 saturated heterocycles. The normalized spacial score (nSPS) is 13.7. The van der Waals surface area contributed by atoms with Crippen molar-refractivity contribution in [2.24, 2.45) is 0 Å². The maximum atomic E-state index is 12.1. The molecule has 2 atom stereocenters. The van der Waals surface area contributed by atoms with Crippen molar-refractivity contribution in [2.45, 2.75) is 38.8 Å². The summed E-state index contributed by atoms with van der Waals surface area (Å²) in [5, 5.41) is 12.4. The zero-order chi connectivity index (χ0) is 15.1. The zero-order valence-electron chi connectivity index (χ0n) is 12.3. The highest BCUT2D eigenvalue weighted by Gasteiger charge is 2.18. The molecule has 1 aromatic rings. The number of nitrogens with one attached hydrogen (secondary N) is 1. The van der Waals surface area contributed by atoms with Crippen LogP contribution in [0.25, 0.3) is 0 Å². The lowest BCUT2D eigenvalue weighted by Gasteiger charge is -2.27. The highest BCUT2D eigenvalue weighted by Crippen LogP contribution is 2.21. The molecule has 0 aliphatic heterocycles. The molecule has 0 aliphatic carbocycles. The third-order valence-electron chi connectivity index (χ3n) is 3.40. The van der Waals surface area contributed by atoms with Gasteiger partial charge in [0, 0.05) is 24.7 Å². The molecule has 1 aromatic carbocycles. The SMILES string of the molecule is CC(CCCO)NC(=O)N(C)C(C)c1cccc(Cl)c1. The third kappa shape index (κ3) is 5.02. The standard InChI is InChI=1S/C15H23ClN2O2/c1-11(6-5-9-19)17-15(20)18(3)12(2)13-7-4-8-14(16)10-13/h4,7-8,10-12,19H,5-6,9H2,1-3H3,(H,17,20). The summed E-state index contributed by atoms with van der Waals surface area (Å²) in [5.74, 6) is 0. The first kappa shape index (κ1) is 16.8. The smallest absolute Gasteiger partial charge is 0.317 e. The van der Waals surface area contributed by atoms with Crippen LogP contribution in [0.15, 0.2) is 24.3 Å². The van der Waals surface area contributed by atoms with Crippen LogP contribution >= 0.6 is 11.6 Å². The predicted octanol–water partition coefficient (Wildman–Crippen LogP) is 3.20. The van der Waals surface area contributed by atoms with Crippen LogP contribution in [0.1, 0.15) is 38.3 Å². The molecule has 0 heterocycles. The molecule has 0 aliphatic rings. The van der Waals surface area contributed by atoms with Crippen LogP contribution in [-0.4, -0.2) is 35.7 Å². The molecular formula is C15H23ClN2O2. The molecule has 0 fully saturated rings. The predicted molar refractivity (Wildman–Crippen MR) is 81.9 cm³/mol. The molecule has 20 heavy (non-hydrogen) atoms. The summed E-state index contributed by atoms with van der Waals surface area (Å²) in [5.41, 5.74) is 0.998. The van der Waals surface area contributed by atoms with Crippen molar-refractivity contribution in [1.29, 1.82) is 0 Å². The largest absolute Gasteiger partial charge is 0.396 e. The van der Waals surface area contributed by atoms with E-state index in [4.69, 9.17) is 16.7 Å². The Morgan fingerprint density at radius 2 is 2.15 bits per heavy atom. The average molecular weight is 299 g/mol. The van der Waals surface area contributed by atoms with E-state index in [-0.39, 0.29) is 24.7 Å². The first-order valence-corrected chi connectivity index (χ1v) is 7.23. The Morgan fingerprint density at radius 1 is 1.45 bits per heavy atom. The Hall–Kier alpha value is -1.26. The van der Waals surface area contributed by atoms with Crippen molar-refractivity contribution >= 4 is 17.6 Å². The van der Waals surface area contributed by atoms with E-state index in [1.165, 1.54) is 0 Å². The summed E-state index contributed by atoms with van der Waals surface area (Å²) >= 11 is 5.97. The van der Waals surface area contributed by atoms with Gasteiger partial charge in [-0.05, 0) is 44.4 Å². The van der Waals surface area contributed by atoms with E-state index in [9.17, 15) is 4.79 Å². The number of benzene rings is 1. The lowest BCUT2D eigenvalue weighted by molar-refractivity contribution is 0.189. The number of rotatable bonds is 6. The summed E-state index contributed by atoms with van der Waals surface area (Å²) < 4.78 is 0. The zero-order valence-corrected chi connectivity index (χ0v) is 13.0. The molecule has 2 amide bonds. The van der Waals surface area contributed by atoms with Gasteiger partial charge in [0.25, 0.3) is 0 Å². The van der Waals surface area contributed by atoms with Gasteiger partial charge in [0.1, 0.15) is 0 Å². The number of hydrogen-bond acceptors (Lipinski definition) is 2. The van der Waals surface area contributed by atoms with Gasteiger partial charge in [0.15, 0.2) is 0 Å². The van der Waals surface area contributed by atoms with Crippen molar-refractivity contribution in [3.8, 4) is 0 Å². The number of nitrogens with zero attached hydrogens (tertiary/aromatic N) is 1. The van der Waals surface area contributed by atoms with Crippen molar-refractivity contribution in [1.82, 2.24) is 10.2 Å². The van der Waals surface area contributed by atoms with Crippen LogP contribution < -0.4 is 5.32 Å². The second kappa shape index (κ2) is 8.12. The molecular weight excluding hydrogens is 276 g/mol. The van der Waals surface area contributed by atoms with Gasteiger partial charge in [-0.15, -0.1) is 0 Å². The molecule has 2 unspecified atom stereocenters. The topological polar surface area (TPSA) is 52.6 Å². The van der Waals surface area contributed by atoms with Gasteiger partial charge in [-0.2, -0.15) is 0 Å².